The summed E-state index contributed by atoms with van der Waals surface area (Å²) >= 11 is 6.32. The van der Waals surface area contributed by atoms with Gasteiger partial charge in [0, 0.05) is 10.6 Å². The smallest absolute Gasteiger partial charge is 0.307 e. The highest BCUT2D eigenvalue weighted by Crippen LogP contribution is 2.37. The number of benzene rings is 1. The summed E-state index contributed by atoms with van der Waals surface area (Å²) in [7, 11) is 0. The first-order valence-corrected chi connectivity index (χ1v) is 7.13. The van der Waals surface area contributed by atoms with Crippen molar-refractivity contribution in [1.29, 1.82) is 0 Å². The minimum Gasteiger partial charge on any atom is -0.493 e. The van der Waals surface area contributed by atoms with E-state index in [4.69, 9.17) is 21.4 Å². The van der Waals surface area contributed by atoms with Crippen molar-refractivity contribution in [1.82, 2.24) is 0 Å². The second-order valence-electron chi connectivity index (χ2n) is 4.62. The van der Waals surface area contributed by atoms with Crippen LogP contribution in [0.4, 0.5) is 0 Å². The molecule has 0 heterocycles. The fraction of sp³-hybridized carbons (Fsp3) is 0.438. The topological polar surface area (TPSA) is 46.5 Å². The van der Waals surface area contributed by atoms with Gasteiger partial charge in [0.25, 0.3) is 0 Å². The molecule has 20 heavy (non-hydrogen) atoms. The number of aliphatic carboxylic acids is 1. The summed E-state index contributed by atoms with van der Waals surface area (Å²) in [4.78, 5) is 10.8. The average molecular weight is 297 g/mol. The van der Waals surface area contributed by atoms with Crippen LogP contribution in [0.2, 0.25) is 5.02 Å². The van der Waals surface area contributed by atoms with Gasteiger partial charge in [-0.05, 0) is 50.0 Å². The molecule has 1 rings (SSSR count). The van der Waals surface area contributed by atoms with Gasteiger partial charge >= 0.3 is 5.97 Å². The lowest BCUT2D eigenvalue weighted by atomic mass is 9.94. The maximum atomic E-state index is 10.8. The molecule has 0 saturated carbocycles. The van der Waals surface area contributed by atoms with Crippen molar-refractivity contribution in [3.05, 3.63) is 33.9 Å². The zero-order valence-electron chi connectivity index (χ0n) is 12.4. The standard InChI is InChI=1S/C16H21ClO3/c1-5-12(7-8-14(18)19)15-11(4)16(17)10(3)9-13(15)20-6-2/h7,9H,5-6,8H2,1-4H3,(H,18,19)/b12-7+. The number of hydrogen-bond acceptors (Lipinski definition) is 2. The number of rotatable bonds is 6. The van der Waals surface area contributed by atoms with E-state index >= 15 is 0 Å². The van der Waals surface area contributed by atoms with Crippen molar-refractivity contribution in [2.24, 2.45) is 0 Å². The van der Waals surface area contributed by atoms with E-state index in [2.05, 4.69) is 0 Å². The van der Waals surface area contributed by atoms with Gasteiger partial charge in [-0.15, -0.1) is 0 Å². The van der Waals surface area contributed by atoms with E-state index in [0.717, 1.165) is 34.4 Å². The molecule has 0 fully saturated rings. The highest BCUT2D eigenvalue weighted by molar-refractivity contribution is 6.32. The Morgan fingerprint density at radius 1 is 1.40 bits per heavy atom. The highest BCUT2D eigenvalue weighted by Gasteiger charge is 2.16. The minimum absolute atomic E-state index is 0.000324. The van der Waals surface area contributed by atoms with Gasteiger partial charge in [0.1, 0.15) is 5.75 Å². The third kappa shape index (κ3) is 3.76. The fourth-order valence-electron chi connectivity index (χ4n) is 2.22. The van der Waals surface area contributed by atoms with Gasteiger partial charge in [0.05, 0.1) is 13.0 Å². The van der Waals surface area contributed by atoms with Gasteiger partial charge in [-0.1, -0.05) is 24.6 Å². The molecule has 0 amide bonds. The van der Waals surface area contributed by atoms with Crippen LogP contribution in [0.3, 0.4) is 0 Å². The molecule has 3 nitrogen and oxygen atoms in total. The van der Waals surface area contributed by atoms with E-state index in [1.165, 1.54) is 0 Å². The van der Waals surface area contributed by atoms with Crippen molar-refractivity contribution in [2.45, 2.75) is 40.5 Å². The Morgan fingerprint density at radius 3 is 2.55 bits per heavy atom. The molecule has 0 radical (unpaired) electrons. The van der Waals surface area contributed by atoms with Gasteiger partial charge in [0.2, 0.25) is 0 Å². The number of halogens is 1. The van der Waals surface area contributed by atoms with Crippen LogP contribution in [0, 0.1) is 13.8 Å². The Hall–Kier alpha value is -1.48. The summed E-state index contributed by atoms with van der Waals surface area (Å²) in [5.74, 6) is -0.0739. The number of carboxylic acid groups (broad SMARTS) is 1. The second kappa shape index (κ2) is 7.34. The largest absolute Gasteiger partial charge is 0.493 e. The Morgan fingerprint density at radius 2 is 2.05 bits per heavy atom. The molecule has 110 valence electrons. The zero-order valence-corrected chi connectivity index (χ0v) is 13.2. The number of aryl methyl sites for hydroxylation is 1. The van der Waals surface area contributed by atoms with Gasteiger partial charge in [-0.2, -0.15) is 0 Å². The Labute approximate surface area is 125 Å². The van der Waals surface area contributed by atoms with Gasteiger partial charge < -0.3 is 9.84 Å². The van der Waals surface area contributed by atoms with Crippen LogP contribution in [-0.2, 0) is 4.79 Å². The molecule has 0 aliphatic rings. The van der Waals surface area contributed by atoms with Crippen LogP contribution in [-0.4, -0.2) is 17.7 Å². The molecule has 1 aromatic rings. The van der Waals surface area contributed by atoms with Gasteiger partial charge in [-0.3, -0.25) is 4.79 Å². The van der Waals surface area contributed by atoms with Crippen LogP contribution >= 0.6 is 11.6 Å². The van der Waals surface area contributed by atoms with E-state index in [9.17, 15) is 4.79 Å². The lowest BCUT2D eigenvalue weighted by molar-refractivity contribution is -0.135. The monoisotopic (exact) mass is 296 g/mol. The van der Waals surface area contributed by atoms with Crippen LogP contribution in [0.15, 0.2) is 12.1 Å². The molecule has 0 atom stereocenters. The van der Waals surface area contributed by atoms with Crippen LogP contribution in [0.1, 0.15) is 43.4 Å². The Bertz CT molecular complexity index is 533. The van der Waals surface area contributed by atoms with Crippen molar-refractivity contribution in [3.8, 4) is 5.75 Å². The SMILES string of the molecule is CCOc1cc(C)c(Cl)c(C)c1/C(=C/CC(=O)O)CC. The molecule has 1 aromatic carbocycles. The Kier molecular flexibility index (Phi) is 6.08. The van der Waals surface area contributed by atoms with Crippen LogP contribution in [0.25, 0.3) is 5.57 Å². The van der Waals surface area contributed by atoms with E-state index in [1.807, 2.05) is 33.8 Å². The lowest BCUT2D eigenvalue weighted by Crippen LogP contribution is -2.01. The summed E-state index contributed by atoms with van der Waals surface area (Å²) in [5.41, 5.74) is 3.78. The molecule has 0 aliphatic heterocycles. The van der Waals surface area contributed by atoms with Gasteiger partial charge in [0.15, 0.2) is 0 Å². The van der Waals surface area contributed by atoms with Crippen LogP contribution in [0.5, 0.6) is 5.75 Å². The first-order valence-electron chi connectivity index (χ1n) is 6.76. The summed E-state index contributed by atoms with van der Waals surface area (Å²) in [6.45, 7) is 8.36. The number of carbonyl (C=O) groups is 1. The van der Waals surface area contributed by atoms with Crippen molar-refractivity contribution in [3.63, 3.8) is 0 Å². The summed E-state index contributed by atoms with van der Waals surface area (Å²) in [5, 5.41) is 9.55. The molecule has 0 spiro atoms. The molecule has 1 N–H and O–H groups in total. The number of carboxylic acids is 1. The lowest BCUT2D eigenvalue weighted by Gasteiger charge is -2.18. The predicted molar refractivity (Wildman–Crippen MR) is 82.6 cm³/mol. The van der Waals surface area contributed by atoms with Crippen LogP contribution < -0.4 is 4.74 Å². The number of allylic oxidation sites excluding steroid dienone is 1. The third-order valence-electron chi connectivity index (χ3n) is 3.17. The minimum atomic E-state index is -0.843. The van der Waals surface area contributed by atoms with E-state index in [0.29, 0.717) is 11.6 Å². The summed E-state index contributed by atoms with van der Waals surface area (Å²) < 4.78 is 5.70. The maximum absolute atomic E-state index is 10.8. The predicted octanol–water partition coefficient (Wildman–Crippen LogP) is 4.62. The molecule has 4 heteroatoms. The zero-order chi connectivity index (χ0) is 15.3. The fourth-order valence-corrected chi connectivity index (χ4v) is 2.37. The Balaban J connectivity index is 3.42. The van der Waals surface area contributed by atoms with E-state index in [1.54, 1.807) is 6.08 Å². The van der Waals surface area contributed by atoms with Gasteiger partial charge in [-0.25, -0.2) is 0 Å². The number of ether oxygens (including phenoxy) is 1. The molecule has 0 aliphatic carbocycles. The third-order valence-corrected chi connectivity index (χ3v) is 3.75. The molecule has 0 aromatic heterocycles. The highest BCUT2D eigenvalue weighted by atomic mass is 35.5. The molecular weight excluding hydrogens is 276 g/mol. The average Bonchev–Trinajstić information content (AvgIpc) is 2.39. The van der Waals surface area contributed by atoms with Crippen molar-refractivity contribution in [2.75, 3.05) is 6.61 Å². The molecule has 0 bridgehead atoms. The summed E-state index contributed by atoms with van der Waals surface area (Å²) in [6.07, 6.45) is 2.46. The van der Waals surface area contributed by atoms with Crippen molar-refractivity contribution < 1.29 is 14.6 Å². The van der Waals surface area contributed by atoms with Crippen molar-refractivity contribution >= 4 is 23.1 Å². The molecular formula is C16H21ClO3. The maximum Gasteiger partial charge on any atom is 0.307 e. The molecule has 0 saturated heterocycles. The number of hydrogen-bond donors (Lipinski definition) is 1. The summed E-state index contributed by atoms with van der Waals surface area (Å²) in [6, 6.07) is 1.92. The second-order valence-corrected chi connectivity index (χ2v) is 5.00. The quantitative estimate of drug-likeness (QED) is 0.833. The van der Waals surface area contributed by atoms with E-state index in [-0.39, 0.29) is 6.42 Å². The molecule has 0 unspecified atom stereocenters. The first-order chi connectivity index (χ1) is 9.42. The first kappa shape index (κ1) is 16.6. The van der Waals surface area contributed by atoms with E-state index < -0.39 is 5.97 Å². The normalized spacial score (nSPS) is 11.6.